The van der Waals surface area contributed by atoms with E-state index in [9.17, 15) is 14.4 Å². The number of hydrogen-bond acceptors (Lipinski definition) is 6. The Morgan fingerprint density at radius 2 is 2.00 bits per heavy atom. The molecular formula is C18H24ClN3O5. The van der Waals surface area contributed by atoms with Gasteiger partial charge in [0.25, 0.3) is 0 Å². The maximum Gasteiger partial charge on any atom is 0.337 e. The van der Waals surface area contributed by atoms with Crippen LogP contribution in [-0.2, 0) is 19.1 Å². The second-order valence-corrected chi connectivity index (χ2v) is 6.47. The molecule has 2 rings (SSSR count). The molecule has 148 valence electrons. The highest BCUT2D eigenvalue weighted by molar-refractivity contribution is 6.34. The van der Waals surface area contributed by atoms with Gasteiger partial charge in [0.1, 0.15) is 6.54 Å². The van der Waals surface area contributed by atoms with Crippen LogP contribution in [0.4, 0.5) is 5.69 Å². The number of methoxy groups -OCH3 is 1. The molecule has 1 aromatic carbocycles. The van der Waals surface area contributed by atoms with Crippen LogP contribution in [0, 0.1) is 0 Å². The Morgan fingerprint density at radius 1 is 1.30 bits per heavy atom. The number of carbonyl (C=O) groups excluding carboxylic acids is 3. The molecule has 8 nitrogen and oxygen atoms in total. The van der Waals surface area contributed by atoms with Crippen LogP contribution in [0.5, 0.6) is 0 Å². The highest BCUT2D eigenvalue weighted by Crippen LogP contribution is 2.27. The minimum atomic E-state index is -0.550. The van der Waals surface area contributed by atoms with Gasteiger partial charge in [-0.1, -0.05) is 11.6 Å². The van der Waals surface area contributed by atoms with Gasteiger partial charge in [-0.2, -0.15) is 0 Å². The minimum absolute atomic E-state index is 0.192. The van der Waals surface area contributed by atoms with Crippen LogP contribution < -0.4 is 10.2 Å². The van der Waals surface area contributed by atoms with E-state index in [-0.39, 0.29) is 34.6 Å². The normalized spacial score (nSPS) is 14.5. The number of morpholine rings is 1. The molecule has 9 heteroatoms. The van der Waals surface area contributed by atoms with Crippen LogP contribution >= 0.6 is 11.6 Å². The Balaban J connectivity index is 1.99. The average Bonchev–Trinajstić information content (AvgIpc) is 2.66. The monoisotopic (exact) mass is 397 g/mol. The third kappa shape index (κ3) is 6.20. The molecule has 1 fully saturated rings. The van der Waals surface area contributed by atoms with Crippen LogP contribution in [0.15, 0.2) is 18.2 Å². The lowest BCUT2D eigenvalue weighted by Crippen LogP contribution is -2.44. The second kappa shape index (κ2) is 10.2. The predicted octanol–water partition coefficient (Wildman–Crippen LogP) is 0.928. The van der Waals surface area contributed by atoms with Gasteiger partial charge in [-0.25, -0.2) is 4.79 Å². The van der Waals surface area contributed by atoms with Gasteiger partial charge in [-0.05, 0) is 18.2 Å². The summed E-state index contributed by atoms with van der Waals surface area (Å²) >= 11 is 6.18. The quantitative estimate of drug-likeness (QED) is 0.688. The second-order valence-electron chi connectivity index (χ2n) is 6.07. The van der Waals surface area contributed by atoms with Gasteiger partial charge in [0.2, 0.25) is 11.8 Å². The number of esters is 1. The summed E-state index contributed by atoms with van der Waals surface area (Å²) in [4.78, 5) is 39.5. The molecule has 0 spiro atoms. The predicted molar refractivity (Wildman–Crippen MR) is 101 cm³/mol. The maximum absolute atomic E-state index is 12.3. The molecule has 0 aliphatic carbocycles. The van der Waals surface area contributed by atoms with Crippen molar-refractivity contribution in [2.45, 2.75) is 6.92 Å². The third-order valence-electron chi connectivity index (χ3n) is 4.19. The fourth-order valence-electron chi connectivity index (χ4n) is 2.71. The summed E-state index contributed by atoms with van der Waals surface area (Å²) < 4.78 is 9.97. The van der Waals surface area contributed by atoms with E-state index < -0.39 is 5.97 Å². The fourth-order valence-corrected chi connectivity index (χ4v) is 2.93. The third-order valence-corrected chi connectivity index (χ3v) is 4.51. The van der Waals surface area contributed by atoms with Crippen molar-refractivity contribution in [3.05, 3.63) is 28.8 Å². The van der Waals surface area contributed by atoms with E-state index in [1.807, 2.05) is 0 Å². The summed E-state index contributed by atoms with van der Waals surface area (Å²) in [6.45, 7) is 5.40. The number of hydrogen-bond donors (Lipinski definition) is 1. The molecule has 0 radical (unpaired) electrons. The SMILES string of the molecule is COC(=O)c1ccc(Cl)c(N(CC(=O)NCCN2CCOCC2)C(C)=O)c1. The first kappa shape index (κ1) is 21.1. The lowest BCUT2D eigenvalue weighted by Gasteiger charge is -2.27. The van der Waals surface area contributed by atoms with Crippen LogP contribution in [0.25, 0.3) is 0 Å². The molecule has 1 saturated heterocycles. The maximum atomic E-state index is 12.3. The zero-order valence-corrected chi connectivity index (χ0v) is 16.3. The van der Waals surface area contributed by atoms with Crippen LogP contribution in [0.3, 0.4) is 0 Å². The summed E-state index contributed by atoms with van der Waals surface area (Å²) in [5, 5.41) is 3.07. The molecule has 0 aromatic heterocycles. The molecule has 0 unspecified atom stereocenters. The number of nitrogens with zero attached hydrogens (tertiary/aromatic N) is 2. The van der Waals surface area contributed by atoms with Crippen molar-refractivity contribution in [1.29, 1.82) is 0 Å². The van der Waals surface area contributed by atoms with Crippen molar-refractivity contribution in [3.63, 3.8) is 0 Å². The Kier molecular flexibility index (Phi) is 8.02. The number of benzene rings is 1. The highest BCUT2D eigenvalue weighted by Gasteiger charge is 2.20. The topological polar surface area (TPSA) is 88.2 Å². The molecule has 0 atom stereocenters. The van der Waals surface area contributed by atoms with E-state index in [0.717, 1.165) is 13.1 Å². The molecule has 0 saturated carbocycles. The number of ether oxygens (including phenoxy) is 2. The zero-order chi connectivity index (χ0) is 19.8. The Hall–Kier alpha value is -2.16. The van der Waals surface area contributed by atoms with E-state index in [1.165, 1.54) is 37.1 Å². The van der Waals surface area contributed by atoms with Crippen molar-refractivity contribution in [1.82, 2.24) is 10.2 Å². The molecule has 1 N–H and O–H groups in total. The number of amides is 2. The molecule has 1 aliphatic rings. The average molecular weight is 398 g/mol. The van der Waals surface area contributed by atoms with Gasteiger partial charge in [-0.15, -0.1) is 0 Å². The number of rotatable bonds is 7. The Morgan fingerprint density at radius 3 is 2.63 bits per heavy atom. The first-order chi connectivity index (χ1) is 12.9. The fraction of sp³-hybridized carbons (Fsp3) is 0.500. The van der Waals surface area contributed by atoms with Gasteiger partial charge in [0.15, 0.2) is 0 Å². The highest BCUT2D eigenvalue weighted by atomic mass is 35.5. The number of halogens is 1. The van der Waals surface area contributed by atoms with Gasteiger partial charge in [0.05, 0.1) is 36.6 Å². The molecular weight excluding hydrogens is 374 g/mol. The largest absolute Gasteiger partial charge is 0.465 e. The summed E-state index contributed by atoms with van der Waals surface area (Å²) in [6, 6.07) is 4.43. The lowest BCUT2D eigenvalue weighted by atomic mass is 10.2. The summed E-state index contributed by atoms with van der Waals surface area (Å²) in [5.74, 6) is -1.22. The Labute approximate surface area is 163 Å². The summed E-state index contributed by atoms with van der Waals surface area (Å²) in [5.41, 5.74) is 0.534. The van der Waals surface area contributed by atoms with Crippen molar-refractivity contribution < 1.29 is 23.9 Å². The Bertz CT molecular complexity index is 692. The smallest absolute Gasteiger partial charge is 0.337 e. The van der Waals surface area contributed by atoms with Gasteiger partial charge < -0.3 is 19.7 Å². The molecule has 27 heavy (non-hydrogen) atoms. The van der Waals surface area contributed by atoms with Crippen LogP contribution in [0.2, 0.25) is 5.02 Å². The van der Waals surface area contributed by atoms with Crippen LogP contribution in [0.1, 0.15) is 17.3 Å². The van der Waals surface area contributed by atoms with Crippen molar-refractivity contribution >= 4 is 35.1 Å². The standard InChI is InChI=1S/C18H24ClN3O5/c1-13(23)22(16-11-14(18(25)26-2)3-4-15(16)19)12-17(24)20-5-6-21-7-9-27-10-8-21/h3-4,11H,5-10,12H2,1-2H3,(H,20,24). The first-order valence-electron chi connectivity index (χ1n) is 8.65. The zero-order valence-electron chi connectivity index (χ0n) is 15.5. The van der Waals surface area contributed by atoms with Gasteiger partial charge in [-0.3, -0.25) is 14.5 Å². The molecule has 0 bridgehead atoms. The lowest BCUT2D eigenvalue weighted by molar-refractivity contribution is -0.123. The summed E-state index contributed by atoms with van der Waals surface area (Å²) in [6.07, 6.45) is 0. The number of carbonyl (C=O) groups is 3. The van der Waals surface area contributed by atoms with E-state index in [1.54, 1.807) is 0 Å². The van der Waals surface area contributed by atoms with Crippen molar-refractivity contribution in [2.24, 2.45) is 0 Å². The van der Waals surface area contributed by atoms with Crippen molar-refractivity contribution in [3.8, 4) is 0 Å². The summed E-state index contributed by atoms with van der Waals surface area (Å²) in [7, 11) is 1.27. The molecule has 1 aliphatic heterocycles. The van der Waals surface area contributed by atoms with Crippen LogP contribution in [-0.4, -0.2) is 75.7 Å². The first-order valence-corrected chi connectivity index (χ1v) is 9.03. The minimum Gasteiger partial charge on any atom is -0.465 e. The molecule has 2 amide bonds. The molecule has 1 aromatic rings. The van der Waals surface area contributed by atoms with Crippen molar-refractivity contribution in [2.75, 3.05) is 57.9 Å². The van der Waals surface area contributed by atoms with Gasteiger partial charge in [0, 0.05) is 33.1 Å². The number of anilines is 1. The number of nitrogens with one attached hydrogen (secondary N) is 1. The van der Waals surface area contributed by atoms with E-state index in [4.69, 9.17) is 16.3 Å². The van der Waals surface area contributed by atoms with E-state index in [0.29, 0.717) is 26.3 Å². The van der Waals surface area contributed by atoms with E-state index in [2.05, 4.69) is 15.0 Å². The van der Waals surface area contributed by atoms with Gasteiger partial charge >= 0.3 is 5.97 Å². The molecule has 1 heterocycles. The van der Waals surface area contributed by atoms with E-state index >= 15 is 0 Å².